The zero-order valence-corrected chi connectivity index (χ0v) is 14.1. The molecule has 1 atom stereocenters. The number of hydrogen-bond donors (Lipinski definition) is 1. The van der Waals surface area contributed by atoms with Crippen molar-refractivity contribution in [2.45, 2.75) is 24.3 Å². The van der Waals surface area contributed by atoms with Gasteiger partial charge >= 0.3 is 0 Å². The van der Waals surface area contributed by atoms with Crippen LogP contribution in [0.15, 0.2) is 47.4 Å². The van der Waals surface area contributed by atoms with Gasteiger partial charge in [0.2, 0.25) is 5.91 Å². The SMILES string of the molecule is Cc1cccc([N+](=O)[O-])c1S(=O)(=O)N1c2ccccc2C[C@H]1C(N)=O. The van der Waals surface area contributed by atoms with Crippen molar-refractivity contribution in [1.82, 2.24) is 0 Å². The minimum absolute atomic E-state index is 0.129. The summed E-state index contributed by atoms with van der Waals surface area (Å²) in [7, 11) is -4.36. The van der Waals surface area contributed by atoms with Crippen molar-refractivity contribution in [3.8, 4) is 0 Å². The number of amides is 1. The van der Waals surface area contributed by atoms with Crippen LogP contribution in [0.3, 0.4) is 0 Å². The molecular formula is C16H15N3O5S. The lowest BCUT2D eigenvalue weighted by Crippen LogP contribution is -2.46. The van der Waals surface area contributed by atoms with Gasteiger partial charge in [-0.25, -0.2) is 8.42 Å². The van der Waals surface area contributed by atoms with E-state index in [0.29, 0.717) is 11.3 Å². The van der Waals surface area contributed by atoms with Crippen molar-refractivity contribution < 1.29 is 18.1 Å². The molecule has 1 amide bonds. The second-order valence-corrected chi connectivity index (χ2v) is 7.48. The predicted molar refractivity (Wildman–Crippen MR) is 90.6 cm³/mol. The normalized spacial score (nSPS) is 16.5. The average Bonchev–Trinajstić information content (AvgIpc) is 2.94. The van der Waals surface area contributed by atoms with Crippen molar-refractivity contribution in [2.24, 2.45) is 5.73 Å². The summed E-state index contributed by atoms with van der Waals surface area (Å²) in [6.07, 6.45) is 0.129. The number of aryl methyl sites for hydroxylation is 1. The van der Waals surface area contributed by atoms with Crippen LogP contribution in [0.2, 0.25) is 0 Å². The summed E-state index contributed by atoms with van der Waals surface area (Å²) < 4.78 is 27.4. The number of fused-ring (bicyclic) bond motifs is 1. The molecule has 1 aliphatic rings. The Morgan fingerprint density at radius 2 is 1.92 bits per heavy atom. The van der Waals surface area contributed by atoms with Crippen molar-refractivity contribution in [3.05, 3.63) is 63.7 Å². The van der Waals surface area contributed by atoms with Gasteiger partial charge in [0.05, 0.1) is 10.6 Å². The van der Waals surface area contributed by atoms with Crippen LogP contribution in [0.1, 0.15) is 11.1 Å². The van der Waals surface area contributed by atoms with Crippen LogP contribution in [0.25, 0.3) is 0 Å². The van der Waals surface area contributed by atoms with E-state index in [1.165, 1.54) is 19.1 Å². The summed E-state index contributed by atoms with van der Waals surface area (Å²) in [6, 6.07) is 9.51. The molecule has 2 aromatic rings. The number of anilines is 1. The first-order chi connectivity index (χ1) is 11.7. The maximum Gasteiger partial charge on any atom is 0.290 e. The quantitative estimate of drug-likeness (QED) is 0.653. The second kappa shape index (κ2) is 5.85. The van der Waals surface area contributed by atoms with E-state index in [1.54, 1.807) is 24.3 Å². The summed E-state index contributed by atoms with van der Waals surface area (Å²) >= 11 is 0. The molecule has 9 heteroatoms. The van der Waals surface area contributed by atoms with Crippen LogP contribution in [0.5, 0.6) is 0 Å². The van der Waals surface area contributed by atoms with Gasteiger partial charge in [-0.05, 0) is 24.1 Å². The van der Waals surface area contributed by atoms with E-state index in [-0.39, 0.29) is 12.0 Å². The topological polar surface area (TPSA) is 124 Å². The highest BCUT2D eigenvalue weighted by Crippen LogP contribution is 2.39. The van der Waals surface area contributed by atoms with Crippen LogP contribution in [0.4, 0.5) is 11.4 Å². The fourth-order valence-corrected chi connectivity index (χ4v) is 5.11. The van der Waals surface area contributed by atoms with Crippen molar-refractivity contribution in [1.29, 1.82) is 0 Å². The molecule has 0 radical (unpaired) electrons. The zero-order valence-electron chi connectivity index (χ0n) is 13.2. The molecule has 0 saturated heterocycles. The predicted octanol–water partition coefficient (Wildman–Crippen LogP) is 1.51. The molecule has 3 rings (SSSR count). The summed E-state index contributed by atoms with van der Waals surface area (Å²) in [5.41, 5.74) is 6.04. The van der Waals surface area contributed by atoms with E-state index in [4.69, 9.17) is 5.73 Å². The smallest absolute Gasteiger partial charge is 0.290 e. The summed E-state index contributed by atoms with van der Waals surface area (Å²) in [5.74, 6) is -0.809. The van der Waals surface area contributed by atoms with E-state index in [1.807, 2.05) is 0 Å². The van der Waals surface area contributed by atoms with Gasteiger partial charge in [0.1, 0.15) is 6.04 Å². The first kappa shape index (κ1) is 16.9. The lowest BCUT2D eigenvalue weighted by atomic mass is 10.1. The van der Waals surface area contributed by atoms with Gasteiger partial charge < -0.3 is 5.73 Å². The number of nitro benzene ring substituents is 1. The van der Waals surface area contributed by atoms with Gasteiger partial charge in [0, 0.05) is 12.5 Å². The Hall–Kier alpha value is -2.94. The van der Waals surface area contributed by atoms with Crippen LogP contribution in [0, 0.1) is 17.0 Å². The van der Waals surface area contributed by atoms with Crippen molar-refractivity contribution >= 4 is 27.3 Å². The highest BCUT2D eigenvalue weighted by Gasteiger charge is 2.44. The molecule has 2 N–H and O–H groups in total. The van der Waals surface area contributed by atoms with Crippen molar-refractivity contribution in [3.63, 3.8) is 0 Å². The van der Waals surface area contributed by atoms with Gasteiger partial charge in [-0.1, -0.05) is 30.3 Å². The van der Waals surface area contributed by atoms with Gasteiger partial charge in [0.25, 0.3) is 15.7 Å². The first-order valence-corrected chi connectivity index (χ1v) is 8.85. The molecule has 2 aromatic carbocycles. The molecule has 0 fully saturated rings. The zero-order chi connectivity index (χ0) is 18.4. The Balaban J connectivity index is 2.27. The van der Waals surface area contributed by atoms with E-state index < -0.39 is 37.5 Å². The second-order valence-electron chi connectivity index (χ2n) is 5.73. The maximum absolute atomic E-state index is 13.3. The molecule has 0 bridgehead atoms. The maximum atomic E-state index is 13.3. The summed E-state index contributed by atoms with van der Waals surface area (Å²) in [6.45, 7) is 1.47. The molecule has 8 nitrogen and oxygen atoms in total. The minimum atomic E-state index is -4.36. The Morgan fingerprint density at radius 3 is 2.56 bits per heavy atom. The largest absolute Gasteiger partial charge is 0.368 e. The highest BCUT2D eigenvalue weighted by atomic mass is 32.2. The molecular weight excluding hydrogens is 346 g/mol. The van der Waals surface area contributed by atoms with Crippen LogP contribution in [-0.2, 0) is 21.2 Å². The molecule has 1 heterocycles. The molecule has 25 heavy (non-hydrogen) atoms. The molecule has 1 aliphatic heterocycles. The fraction of sp³-hybridized carbons (Fsp3) is 0.188. The van der Waals surface area contributed by atoms with Crippen LogP contribution >= 0.6 is 0 Å². The number of hydrogen-bond acceptors (Lipinski definition) is 5. The third kappa shape index (κ3) is 2.62. The Kier molecular flexibility index (Phi) is 3.96. The number of sulfonamides is 1. The summed E-state index contributed by atoms with van der Waals surface area (Å²) in [4.78, 5) is 22.0. The molecule has 130 valence electrons. The number of primary amides is 1. The molecule has 0 saturated carbocycles. The number of carbonyl (C=O) groups excluding carboxylic acids is 1. The fourth-order valence-electron chi connectivity index (χ4n) is 3.09. The van der Waals surface area contributed by atoms with E-state index in [9.17, 15) is 23.3 Å². The lowest BCUT2D eigenvalue weighted by molar-refractivity contribution is -0.387. The third-order valence-corrected chi connectivity index (χ3v) is 6.17. The monoisotopic (exact) mass is 361 g/mol. The molecule has 0 spiro atoms. The highest BCUT2D eigenvalue weighted by molar-refractivity contribution is 7.93. The molecule has 0 aromatic heterocycles. The van der Waals surface area contributed by atoms with Crippen LogP contribution < -0.4 is 10.0 Å². The molecule has 0 unspecified atom stereocenters. The van der Waals surface area contributed by atoms with Gasteiger partial charge in [-0.15, -0.1) is 0 Å². The number of para-hydroxylation sites is 1. The number of rotatable bonds is 4. The molecule has 0 aliphatic carbocycles. The Labute approximate surface area is 144 Å². The first-order valence-electron chi connectivity index (χ1n) is 7.41. The Bertz CT molecular complexity index is 987. The number of nitrogens with two attached hydrogens (primary N) is 1. The lowest BCUT2D eigenvalue weighted by Gasteiger charge is -2.25. The standard InChI is InChI=1S/C16H15N3O5S/c1-10-5-4-8-13(19(21)22)15(10)25(23,24)18-12-7-3-2-6-11(12)9-14(18)16(17)20/h2-8,14H,9H2,1H3,(H2,17,20)/t14-/m0/s1. The van der Waals surface area contributed by atoms with E-state index >= 15 is 0 Å². The third-order valence-electron chi connectivity index (χ3n) is 4.16. The summed E-state index contributed by atoms with van der Waals surface area (Å²) in [5, 5.41) is 11.3. The van der Waals surface area contributed by atoms with Gasteiger partial charge in [0.15, 0.2) is 4.90 Å². The van der Waals surface area contributed by atoms with Gasteiger partial charge in [-0.3, -0.25) is 19.2 Å². The van der Waals surface area contributed by atoms with E-state index in [0.717, 1.165) is 10.4 Å². The number of nitro groups is 1. The van der Waals surface area contributed by atoms with Crippen molar-refractivity contribution in [2.75, 3.05) is 4.31 Å². The number of carbonyl (C=O) groups is 1. The average molecular weight is 361 g/mol. The number of benzene rings is 2. The van der Waals surface area contributed by atoms with Gasteiger partial charge in [-0.2, -0.15) is 0 Å². The minimum Gasteiger partial charge on any atom is -0.368 e. The van der Waals surface area contributed by atoms with E-state index in [2.05, 4.69) is 0 Å². The number of nitrogens with zero attached hydrogens (tertiary/aromatic N) is 2. The Morgan fingerprint density at radius 1 is 1.24 bits per heavy atom. The van der Waals surface area contributed by atoms with Crippen LogP contribution in [-0.4, -0.2) is 25.3 Å².